The molecule has 0 rings (SSSR count). The van der Waals surface area contributed by atoms with Crippen molar-refractivity contribution in [1.82, 2.24) is 5.32 Å². The van der Waals surface area contributed by atoms with Gasteiger partial charge in [0.25, 0.3) is 0 Å². The maximum Gasteiger partial charge on any atom is 0.303 e. The molecule has 0 aromatic carbocycles. The number of nitrogens with two attached hydrogens (primary N) is 4. The van der Waals surface area contributed by atoms with E-state index in [4.69, 9.17) is 38.3 Å². The summed E-state index contributed by atoms with van der Waals surface area (Å²) < 4.78 is 0. The Hall–Kier alpha value is -2.28. The molecular weight excluding hydrogens is 348 g/mol. The molecule has 0 unspecified atom stereocenters. The number of hydrogen-bond acceptors (Lipinski definition) is 8. The number of nitrogens with one attached hydrogen (secondary N) is 1. The smallest absolute Gasteiger partial charge is 0.303 e. The van der Waals surface area contributed by atoms with Gasteiger partial charge in [-0.05, 0) is 26.2 Å². The van der Waals surface area contributed by atoms with E-state index in [1.807, 2.05) is 0 Å². The predicted octanol–water partition coefficient (Wildman–Crippen LogP) is -3.44. The third-order valence-electron chi connectivity index (χ3n) is 3.04. The minimum atomic E-state index is -1.84. The van der Waals surface area contributed by atoms with E-state index < -0.39 is 29.7 Å². The standard InChI is InChI=1S/C7H18N4O2.C7H12N2O4/c1-7(12,13)5(8)3-2-4-11-6(9)10;8-5(1-2-6(11)12)7(13)9-3-4-10/h5,12-13H,2-4,8H2,1H3,(H4,9,10,11);4-5H,1-3,8H2,(H,9,13)(H,11,12)/t2*5-/m00/s1. The molecule has 0 aliphatic carbocycles. The van der Waals surface area contributed by atoms with Gasteiger partial charge in [0.15, 0.2) is 11.7 Å². The van der Waals surface area contributed by atoms with E-state index in [-0.39, 0.29) is 25.3 Å². The quantitative estimate of drug-likeness (QED) is 0.0581. The second kappa shape index (κ2) is 13.9. The average molecular weight is 378 g/mol. The van der Waals surface area contributed by atoms with E-state index in [2.05, 4.69) is 10.3 Å². The minimum absolute atomic E-state index is 0.0318. The van der Waals surface area contributed by atoms with Crippen molar-refractivity contribution < 1.29 is 29.7 Å². The molecule has 0 fully saturated rings. The second-order valence-corrected chi connectivity index (χ2v) is 5.60. The van der Waals surface area contributed by atoms with E-state index in [0.717, 1.165) is 0 Å². The highest BCUT2D eigenvalue weighted by atomic mass is 16.5. The molecule has 1 amide bonds. The number of nitrogens with zero attached hydrogens (tertiary/aromatic N) is 1. The maximum atomic E-state index is 10.9. The van der Waals surface area contributed by atoms with Crippen LogP contribution < -0.4 is 28.3 Å². The molecule has 0 bridgehead atoms. The van der Waals surface area contributed by atoms with Crippen LogP contribution in [-0.2, 0) is 14.4 Å². The number of rotatable bonds is 11. The second-order valence-electron chi connectivity index (χ2n) is 5.60. The molecule has 0 aliphatic heterocycles. The Morgan fingerprint density at radius 3 is 2.23 bits per heavy atom. The molecule has 12 heteroatoms. The van der Waals surface area contributed by atoms with Crippen molar-refractivity contribution in [2.75, 3.05) is 13.1 Å². The summed E-state index contributed by atoms with van der Waals surface area (Å²) in [7, 11) is 0. The van der Waals surface area contributed by atoms with Gasteiger partial charge in [0.05, 0.1) is 18.6 Å². The lowest BCUT2D eigenvalue weighted by Crippen LogP contribution is -2.45. The van der Waals surface area contributed by atoms with Gasteiger partial charge in [0.2, 0.25) is 5.91 Å². The Morgan fingerprint density at radius 2 is 1.81 bits per heavy atom. The van der Waals surface area contributed by atoms with Crippen molar-refractivity contribution in [3.05, 3.63) is 0 Å². The number of carboxylic acid groups (broad SMARTS) is 1. The molecule has 0 spiro atoms. The van der Waals surface area contributed by atoms with E-state index >= 15 is 0 Å². The number of carboxylic acids is 1. The highest BCUT2D eigenvalue weighted by Gasteiger charge is 2.24. The Kier molecular flexibility index (Phi) is 13.9. The number of amides is 1. The topological polar surface area (TPSA) is 240 Å². The zero-order valence-corrected chi connectivity index (χ0v) is 14.8. The maximum absolute atomic E-state index is 10.9. The average Bonchev–Trinajstić information content (AvgIpc) is 2.53. The third-order valence-corrected chi connectivity index (χ3v) is 3.04. The SMILES string of the molecule is CC(O)(O)[C@@H](N)CCCN=C(N)N.N[C@@H](CCC(=O)O)C(=O)NCC=O. The van der Waals surface area contributed by atoms with Crippen molar-refractivity contribution in [3.63, 3.8) is 0 Å². The molecule has 0 heterocycles. The first-order valence-electron chi connectivity index (χ1n) is 7.86. The minimum Gasteiger partial charge on any atom is -0.481 e. The predicted molar refractivity (Wildman–Crippen MR) is 94.6 cm³/mol. The van der Waals surface area contributed by atoms with Crippen molar-refractivity contribution in [2.45, 2.75) is 50.5 Å². The van der Waals surface area contributed by atoms with Crippen molar-refractivity contribution in [2.24, 2.45) is 27.9 Å². The molecule has 0 aromatic rings. The molecule has 0 radical (unpaired) electrons. The van der Waals surface area contributed by atoms with E-state index in [9.17, 15) is 14.4 Å². The van der Waals surface area contributed by atoms with Gasteiger partial charge in [-0.25, -0.2) is 0 Å². The molecule has 0 saturated heterocycles. The summed E-state index contributed by atoms with van der Waals surface area (Å²) in [6.07, 6.45) is 1.52. The first-order valence-corrected chi connectivity index (χ1v) is 7.86. The number of aliphatic imine (C=N–C) groups is 1. The Bertz CT molecular complexity index is 461. The fraction of sp³-hybridized carbons (Fsp3) is 0.714. The normalized spacial score (nSPS) is 12.8. The number of guanidine groups is 1. The highest BCUT2D eigenvalue weighted by Crippen LogP contribution is 2.08. The number of carbonyl (C=O) groups excluding carboxylic acids is 2. The zero-order valence-electron chi connectivity index (χ0n) is 14.8. The molecule has 152 valence electrons. The third kappa shape index (κ3) is 16.6. The first kappa shape index (κ1) is 26.0. The van der Waals surface area contributed by atoms with Crippen LogP contribution in [0.25, 0.3) is 0 Å². The molecule has 26 heavy (non-hydrogen) atoms. The molecule has 12 nitrogen and oxygen atoms in total. The monoisotopic (exact) mass is 378 g/mol. The zero-order chi connectivity index (χ0) is 20.8. The van der Waals surface area contributed by atoms with Crippen LogP contribution in [-0.4, -0.2) is 70.4 Å². The van der Waals surface area contributed by atoms with Gasteiger partial charge in [-0.15, -0.1) is 0 Å². The van der Waals surface area contributed by atoms with Crippen LogP contribution in [0, 0.1) is 0 Å². The lowest BCUT2D eigenvalue weighted by atomic mass is 10.1. The molecule has 12 N–H and O–H groups in total. The fourth-order valence-corrected chi connectivity index (χ4v) is 1.48. The van der Waals surface area contributed by atoms with E-state index in [1.54, 1.807) is 0 Å². The van der Waals surface area contributed by atoms with Crippen LogP contribution in [0.3, 0.4) is 0 Å². The molecule has 0 aromatic heterocycles. The summed E-state index contributed by atoms with van der Waals surface area (Å²) in [5, 5.41) is 28.6. The van der Waals surface area contributed by atoms with Gasteiger partial charge < -0.3 is 48.4 Å². The molecule has 0 aliphatic rings. The molecular formula is C14H30N6O6. The van der Waals surface area contributed by atoms with Crippen molar-refractivity contribution in [3.8, 4) is 0 Å². The lowest BCUT2D eigenvalue weighted by molar-refractivity contribution is -0.162. The summed E-state index contributed by atoms with van der Waals surface area (Å²) in [4.78, 5) is 34.6. The number of aliphatic carboxylic acids is 1. The first-order chi connectivity index (χ1) is 11.9. The Morgan fingerprint density at radius 1 is 1.23 bits per heavy atom. The van der Waals surface area contributed by atoms with Crippen LogP contribution in [0.5, 0.6) is 0 Å². The van der Waals surface area contributed by atoms with Crippen LogP contribution in [0.2, 0.25) is 0 Å². The Balaban J connectivity index is 0. The van der Waals surface area contributed by atoms with Crippen LogP contribution in [0.15, 0.2) is 4.99 Å². The molecule has 2 atom stereocenters. The summed E-state index contributed by atoms with van der Waals surface area (Å²) in [5.74, 6) is -3.31. The number of aldehydes is 1. The van der Waals surface area contributed by atoms with Gasteiger partial charge in [0.1, 0.15) is 6.29 Å². The van der Waals surface area contributed by atoms with Gasteiger partial charge in [-0.2, -0.15) is 0 Å². The van der Waals surface area contributed by atoms with E-state index in [0.29, 0.717) is 25.7 Å². The summed E-state index contributed by atoms with van der Waals surface area (Å²) >= 11 is 0. The fourth-order valence-electron chi connectivity index (χ4n) is 1.48. The Labute approximate surface area is 151 Å². The summed E-state index contributed by atoms with van der Waals surface area (Å²) in [6, 6.07) is -1.54. The van der Waals surface area contributed by atoms with Gasteiger partial charge in [-0.1, -0.05) is 0 Å². The van der Waals surface area contributed by atoms with Crippen LogP contribution >= 0.6 is 0 Å². The van der Waals surface area contributed by atoms with Crippen LogP contribution in [0.1, 0.15) is 32.6 Å². The van der Waals surface area contributed by atoms with Gasteiger partial charge >= 0.3 is 5.97 Å². The lowest BCUT2D eigenvalue weighted by Gasteiger charge is -2.23. The number of aliphatic hydroxyl groups is 2. The van der Waals surface area contributed by atoms with Gasteiger partial charge in [-0.3, -0.25) is 14.6 Å². The highest BCUT2D eigenvalue weighted by molar-refractivity contribution is 5.83. The van der Waals surface area contributed by atoms with Crippen LogP contribution in [0.4, 0.5) is 0 Å². The summed E-state index contributed by atoms with van der Waals surface area (Å²) in [5.41, 5.74) is 21.0. The largest absolute Gasteiger partial charge is 0.481 e. The number of hydrogen-bond donors (Lipinski definition) is 8. The van der Waals surface area contributed by atoms with E-state index in [1.165, 1.54) is 6.92 Å². The van der Waals surface area contributed by atoms with Gasteiger partial charge in [0, 0.05) is 13.0 Å². The number of carbonyl (C=O) groups is 3. The summed E-state index contributed by atoms with van der Waals surface area (Å²) in [6.45, 7) is 1.60. The van der Waals surface area contributed by atoms with Crippen molar-refractivity contribution >= 4 is 24.1 Å². The molecule has 0 saturated carbocycles. The van der Waals surface area contributed by atoms with Crippen molar-refractivity contribution in [1.29, 1.82) is 0 Å².